The first-order valence-electron chi connectivity index (χ1n) is 8.80. The molecular formula is C18H22N6O2S. The van der Waals surface area contributed by atoms with Crippen LogP contribution in [0.4, 0.5) is 11.5 Å². The number of hydrogen-bond donors (Lipinski definition) is 2. The second-order valence-corrected chi connectivity index (χ2v) is 8.05. The monoisotopic (exact) mass is 386 g/mol. The van der Waals surface area contributed by atoms with E-state index in [1.807, 2.05) is 12.1 Å². The van der Waals surface area contributed by atoms with Crippen LogP contribution < -0.4 is 15.4 Å². The van der Waals surface area contributed by atoms with Crippen molar-refractivity contribution in [1.82, 2.24) is 9.97 Å². The Morgan fingerprint density at radius 1 is 1.30 bits per heavy atom. The number of piperidine rings is 1. The van der Waals surface area contributed by atoms with Gasteiger partial charge in [0.2, 0.25) is 10.0 Å². The van der Waals surface area contributed by atoms with Crippen molar-refractivity contribution in [3.8, 4) is 6.07 Å². The van der Waals surface area contributed by atoms with Gasteiger partial charge in [0.15, 0.2) is 0 Å². The quantitative estimate of drug-likeness (QED) is 0.800. The summed E-state index contributed by atoms with van der Waals surface area (Å²) in [5.74, 6) is 0.940. The summed E-state index contributed by atoms with van der Waals surface area (Å²) in [6, 6.07) is 8.57. The SMILES string of the molecule is CCc1cc(N2CCC(Nc3ccc(S(N)(=O)=O)cc3C#N)CC2)ncn1. The molecule has 27 heavy (non-hydrogen) atoms. The van der Waals surface area contributed by atoms with Crippen LogP contribution in [-0.2, 0) is 16.4 Å². The molecule has 0 saturated carbocycles. The fraction of sp³-hybridized carbons (Fsp3) is 0.389. The fourth-order valence-corrected chi connectivity index (χ4v) is 3.68. The van der Waals surface area contributed by atoms with Crippen LogP contribution in [0, 0.1) is 11.3 Å². The summed E-state index contributed by atoms with van der Waals surface area (Å²) in [6.45, 7) is 3.75. The van der Waals surface area contributed by atoms with Gasteiger partial charge in [-0.3, -0.25) is 0 Å². The first-order chi connectivity index (χ1) is 12.9. The van der Waals surface area contributed by atoms with Crippen molar-refractivity contribution < 1.29 is 8.42 Å². The molecule has 1 aliphatic heterocycles. The standard InChI is InChI=1S/C18H22N6O2S/c1-2-14-10-18(22-12-21-14)24-7-5-15(6-8-24)23-17-4-3-16(27(20,25)26)9-13(17)11-19/h3-4,9-10,12,15,23H,2,5-8H2,1H3,(H2,20,25,26). The van der Waals surface area contributed by atoms with Crippen molar-refractivity contribution in [3.63, 3.8) is 0 Å². The van der Waals surface area contributed by atoms with Gasteiger partial charge in [0.25, 0.3) is 0 Å². The Kier molecular flexibility index (Phi) is 5.58. The van der Waals surface area contributed by atoms with Crippen molar-refractivity contribution in [2.75, 3.05) is 23.3 Å². The maximum absolute atomic E-state index is 11.5. The molecule has 2 aromatic rings. The van der Waals surface area contributed by atoms with Gasteiger partial charge in [0.1, 0.15) is 18.2 Å². The van der Waals surface area contributed by atoms with Gasteiger partial charge >= 0.3 is 0 Å². The third kappa shape index (κ3) is 4.53. The zero-order valence-electron chi connectivity index (χ0n) is 15.1. The molecule has 3 N–H and O–H groups in total. The molecular weight excluding hydrogens is 364 g/mol. The average molecular weight is 386 g/mol. The molecule has 1 fully saturated rings. The van der Waals surface area contributed by atoms with Gasteiger partial charge in [-0.1, -0.05) is 6.92 Å². The van der Waals surface area contributed by atoms with E-state index in [0.717, 1.165) is 43.9 Å². The number of benzene rings is 1. The molecule has 8 nitrogen and oxygen atoms in total. The van der Waals surface area contributed by atoms with Gasteiger partial charge in [0.05, 0.1) is 16.1 Å². The third-order valence-corrected chi connectivity index (χ3v) is 5.60. The Labute approximate surface area is 159 Å². The highest BCUT2D eigenvalue weighted by molar-refractivity contribution is 7.89. The first-order valence-corrected chi connectivity index (χ1v) is 10.3. The van der Waals surface area contributed by atoms with Crippen molar-refractivity contribution in [2.24, 2.45) is 5.14 Å². The normalized spacial score (nSPS) is 15.4. The lowest BCUT2D eigenvalue weighted by molar-refractivity contribution is 0.523. The number of nitriles is 1. The number of rotatable bonds is 5. The predicted octanol–water partition coefficient (Wildman–Crippen LogP) is 1.64. The molecule has 0 spiro atoms. The highest BCUT2D eigenvalue weighted by Crippen LogP contribution is 2.24. The van der Waals surface area contributed by atoms with Crippen LogP contribution in [-0.4, -0.2) is 37.5 Å². The minimum atomic E-state index is -3.83. The lowest BCUT2D eigenvalue weighted by Gasteiger charge is -2.33. The van der Waals surface area contributed by atoms with Crippen molar-refractivity contribution in [2.45, 2.75) is 37.1 Å². The van der Waals surface area contributed by atoms with Crippen LogP contribution in [0.15, 0.2) is 35.5 Å². The number of hydrogen-bond acceptors (Lipinski definition) is 7. The summed E-state index contributed by atoms with van der Waals surface area (Å²) in [7, 11) is -3.83. The molecule has 2 heterocycles. The van der Waals surface area contributed by atoms with Crippen LogP contribution in [0.2, 0.25) is 0 Å². The molecule has 3 rings (SSSR count). The van der Waals surface area contributed by atoms with Crippen LogP contribution in [0.25, 0.3) is 0 Å². The largest absolute Gasteiger partial charge is 0.381 e. The zero-order valence-corrected chi connectivity index (χ0v) is 15.9. The van der Waals surface area contributed by atoms with E-state index >= 15 is 0 Å². The van der Waals surface area contributed by atoms with E-state index in [9.17, 15) is 13.7 Å². The van der Waals surface area contributed by atoms with Crippen molar-refractivity contribution >= 4 is 21.5 Å². The van der Waals surface area contributed by atoms with Crippen LogP contribution in [0.5, 0.6) is 0 Å². The van der Waals surface area contributed by atoms with Crippen LogP contribution in [0.1, 0.15) is 31.0 Å². The van der Waals surface area contributed by atoms with Gasteiger partial charge in [0, 0.05) is 30.9 Å². The van der Waals surface area contributed by atoms with E-state index in [-0.39, 0.29) is 16.5 Å². The topological polar surface area (TPSA) is 125 Å². The molecule has 0 unspecified atom stereocenters. The number of anilines is 2. The number of sulfonamides is 1. The van der Waals surface area contributed by atoms with Gasteiger partial charge in [-0.05, 0) is 37.5 Å². The number of aryl methyl sites for hydroxylation is 1. The molecule has 142 valence electrons. The van der Waals surface area contributed by atoms with E-state index in [0.29, 0.717) is 5.69 Å². The number of aromatic nitrogens is 2. The highest BCUT2D eigenvalue weighted by atomic mass is 32.2. The van der Waals surface area contributed by atoms with E-state index < -0.39 is 10.0 Å². The second kappa shape index (κ2) is 7.90. The number of nitrogens with zero attached hydrogens (tertiary/aromatic N) is 4. The highest BCUT2D eigenvalue weighted by Gasteiger charge is 2.21. The van der Waals surface area contributed by atoms with Crippen LogP contribution in [0.3, 0.4) is 0 Å². The Hall–Kier alpha value is -2.70. The van der Waals surface area contributed by atoms with E-state index in [1.54, 1.807) is 12.4 Å². The van der Waals surface area contributed by atoms with Gasteiger partial charge in [-0.25, -0.2) is 23.5 Å². The van der Waals surface area contributed by atoms with Crippen molar-refractivity contribution in [3.05, 3.63) is 41.9 Å². The number of nitrogens with one attached hydrogen (secondary N) is 1. The summed E-state index contributed by atoms with van der Waals surface area (Å²) >= 11 is 0. The summed E-state index contributed by atoms with van der Waals surface area (Å²) in [5, 5.41) is 17.8. The fourth-order valence-electron chi connectivity index (χ4n) is 3.14. The lowest BCUT2D eigenvalue weighted by atomic mass is 10.0. The number of nitrogens with two attached hydrogens (primary N) is 1. The summed E-state index contributed by atoms with van der Waals surface area (Å²) in [5.41, 5.74) is 1.92. The molecule has 0 atom stereocenters. The molecule has 0 aliphatic carbocycles. The molecule has 0 bridgehead atoms. The first kappa shape index (κ1) is 19.1. The average Bonchev–Trinajstić information content (AvgIpc) is 2.68. The summed E-state index contributed by atoms with van der Waals surface area (Å²) in [6.07, 6.45) is 4.24. The summed E-state index contributed by atoms with van der Waals surface area (Å²) in [4.78, 5) is 10.8. The predicted molar refractivity (Wildman–Crippen MR) is 103 cm³/mol. The maximum Gasteiger partial charge on any atom is 0.238 e. The Balaban J connectivity index is 1.66. The van der Waals surface area contributed by atoms with E-state index in [1.165, 1.54) is 12.1 Å². The van der Waals surface area contributed by atoms with E-state index in [2.05, 4.69) is 27.1 Å². The third-order valence-electron chi connectivity index (χ3n) is 4.69. The Morgan fingerprint density at radius 2 is 2.04 bits per heavy atom. The number of primary sulfonamides is 1. The molecule has 9 heteroatoms. The maximum atomic E-state index is 11.5. The molecule has 0 radical (unpaired) electrons. The van der Waals surface area contributed by atoms with Gasteiger partial charge in [-0.15, -0.1) is 0 Å². The van der Waals surface area contributed by atoms with Crippen LogP contribution >= 0.6 is 0 Å². The Bertz CT molecular complexity index is 962. The van der Waals surface area contributed by atoms with Crippen molar-refractivity contribution in [1.29, 1.82) is 5.26 Å². The minimum absolute atomic E-state index is 0.0603. The van der Waals surface area contributed by atoms with E-state index in [4.69, 9.17) is 5.14 Å². The van der Waals surface area contributed by atoms with Gasteiger partial charge < -0.3 is 10.2 Å². The Morgan fingerprint density at radius 3 is 2.67 bits per heavy atom. The summed E-state index contributed by atoms with van der Waals surface area (Å²) < 4.78 is 22.9. The molecule has 1 aliphatic rings. The molecule has 1 aromatic carbocycles. The second-order valence-electron chi connectivity index (χ2n) is 6.49. The minimum Gasteiger partial charge on any atom is -0.381 e. The smallest absolute Gasteiger partial charge is 0.238 e. The molecule has 0 amide bonds. The molecule has 1 saturated heterocycles. The zero-order chi connectivity index (χ0) is 19.4. The molecule has 1 aromatic heterocycles. The van der Waals surface area contributed by atoms with Gasteiger partial charge in [-0.2, -0.15) is 5.26 Å². The lowest BCUT2D eigenvalue weighted by Crippen LogP contribution is -2.39.